The predicted molar refractivity (Wildman–Crippen MR) is 73.8 cm³/mol. The van der Waals surface area contributed by atoms with E-state index in [2.05, 4.69) is 0 Å². The van der Waals surface area contributed by atoms with Crippen molar-refractivity contribution in [3.05, 3.63) is 29.3 Å². The number of carboxylic acid groups (broad SMARTS) is 1. The van der Waals surface area contributed by atoms with Crippen molar-refractivity contribution in [3.8, 4) is 5.75 Å². The number of benzene rings is 1. The second kappa shape index (κ2) is 8.10. The predicted octanol–water partition coefficient (Wildman–Crippen LogP) is 3.28. The number of hydrogen-bond acceptors (Lipinski definition) is 4. The molecule has 0 fully saturated rings. The third kappa shape index (κ3) is 4.78. The van der Waals surface area contributed by atoms with Crippen LogP contribution >= 0.6 is 8.38 Å². The first-order chi connectivity index (χ1) is 9.12. The summed E-state index contributed by atoms with van der Waals surface area (Å²) in [6, 6.07) is 4.78. The van der Waals surface area contributed by atoms with Crippen LogP contribution in [0, 0.1) is 0 Å². The number of carboxylic acids is 1. The number of ether oxygens (including phenoxy) is 1. The minimum atomic E-state index is -1.06. The van der Waals surface area contributed by atoms with Crippen LogP contribution in [0.3, 0.4) is 0 Å². The Bertz CT molecular complexity index is 415. The summed E-state index contributed by atoms with van der Waals surface area (Å²) in [4.78, 5) is 11.0. The molecule has 0 bridgehead atoms. The minimum Gasteiger partial charge on any atom is -0.496 e. The summed E-state index contributed by atoms with van der Waals surface area (Å²) < 4.78 is 16.3. The van der Waals surface area contributed by atoms with Gasteiger partial charge in [-0.3, -0.25) is 0 Å². The van der Waals surface area contributed by atoms with Crippen LogP contribution in [0.15, 0.2) is 18.2 Å². The van der Waals surface area contributed by atoms with Gasteiger partial charge in [0.2, 0.25) is 0 Å². The average molecular weight is 286 g/mol. The van der Waals surface area contributed by atoms with Crippen molar-refractivity contribution in [2.24, 2.45) is 0 Å². The lowest BCUT2D eigenvalue weighted by Crippen LogP contribution is -2.01. The van der Waals surface area contributed by atoms with Crippen LogP contribution in [0.4, 0.5) is 0 Å². The van der Waals surface area contributed by atoms with E-state index in [4.69, 9.17) is 18.9 Å². The molecule has 0 unspecified atom stereocenters. The Balaban J connectivity index is 2.94. The van der Waals surface area contributed by atoms with E-state index in [1.54, 1.807) is 19.2 Å². The van der Waals surface area contributed by atoms with Crippen molar-refractivity contribution < 1.29 is 23.7 Å². The van der Waals surface area contributed by atoms with Gasteiger partial charge in [-0.15, -0.1) is 0 Å². The van der Waals surface area contributed by atoms with Crippen LogP contribution in [-0.4, -0.2) is 31.4 Å². The van der Waals surface area contributed by atoms with E-state index in [1.807, 2.05) is 13.8 Å². The largest absolute Gasteiger partial charge is 0.496 e. The molecule has 0 aliphatic heterocycles. The lowest BCUT2D eigenvalue weighted by Gasteiger charge is -2.17. The highest BCUT2D eigenvalue weighted by Crippen LogP contribution is 2.44. The zero-order valence-electron chi connectivity index (χ0n) is 11.4. The monoisotopic (exact) mass is 286 g/mol. The summed E-state index contributed by atoms with van der Waals surface area (Å²) in [7, 11) is 0.495. The molecular weight excluding hydrogens is 267 g/mol. The molecule has 0 radical (unpaired) electrons. The maximum Gasteiger partial charge on any atom is 0.335 e. The minimum absolute atomic E-state index is 0.235. The van der Waals surface area contributed by atoms with E-state index in [0.29, 0.717) is 25.1 Å². The summed E-state index contributed by atoms with van der Waals surface area (Å²) in [6.07, 6.45) is 0.515. The second-order valence-electron chi connectivity index (χ2n) is 3.66. The van der Waals surface area contributed by atoms with Gasteiger partial charge < -0.3 is 18.9 Å². The van der Waals surface area contributed by atoms with Crippen molar-refractivity contribution in [2.45, 2.75) is 20.0 Å². The third-order valence-electron chi connectivity index (χ3n) is 2.37. The van der Waals surface area contributed by atoms with E-state index in [0.717, 1.165) is 5.56 Å². The molecule has 1 aromatic carbocycles. The maximum atomic E-state index is 11.0. The van der Waals surface area contributed by atoms with Gasteiger partial charge in [0.25, 0.3) is 0 Å². The highest BCUT2D eigenvalue weighted by Gasteiger charge is 2.16. The number of aromatic carboxylic acids is 1. The van der Waals surface area contributed by atoms with Crippen LogP contribution in [0.5, 0.6) is 5.75 Å². The van der Waals surface area contributed by atoms with Gasteiger partial charge in [0.15, 0.2) is 8.38 Å². The number of carbonyl (C=O) groups is 1. The van der Waals surface area contributed by atoms with Crippen molar-refractivity contribution >= 4 is 14.3 Å². The van der Waals surface area contributed by atoms with E-state index in [1.165, 1.54) is 6.07 Å². The molecule has 0 aliphatic rings. The Morgan fingerprint density at radius 1 is 1.26 bits per heavy atom. The van der Waals surface area contributed by atoms with Crippen molar-refractivity contribution in [1.82, 2.24) is 0 Å². The molecule has 106 valence electrons. The Labute approximate surface area is 114 Å². The van der Waals surface area contributed by atoms with Gasteiger partial charge in [0.05, 0.1) is 25.9 Å². The van der Waals surface area contributed by atoms with Gasteiger partial charge in [-0.05, 0) is 32.0 Å². The molecule has 0 aliphatic carbocycles. The molecule has 1 aromatic rings. The first-order valence-corrected chi connectivity index (χ1v) is 7.42. The molecule has 1 rings (SSSR count). The smallest absolute Gasteiger partial charge is 0.335 e. The molecule has 0 saturated heterocycles. The Hall–Kier alpha value is -1.16. The topological polar surface area (TPSA) is 65.0 Å². The van der Waals surface area contributed by atoms with Crippen LogP contribution in [-0.2, 0) is 15.2 Å². The third-order valence-corrected chi connectivity index (χ3v) is 4.06. The number of hydrogen-bond donors (Lipinski definition) is 1. The van der Waals surface area contributed by atoms with Gasteiger partial charge in [0, 0.05) is 11.7 Å². The number of rotatable bonds is 8. The zero-order chi connectivity index (χ0) is 14.3. The number of methoxy groups -OCH3 is 1. The molecule has 0 atom stereocenters. The summed E-state index contributed by atoms with van der Waals surface area (Å²) in [5, 5.41) is 9.02. The van der Waals surface area contributed by atoms with Gasteiger partial charge >= 0.3 is 5.97 Å². The summed E-state index contributed by atoms with van der Waals surface area (Å²) in [5.74, 6) is -0.307. The van der Waals surface area contributed by atoms with E-state index >= 15 is 0 Å². The Morgan fingerprint density at radius 3 is 2.37 bits per heavy atom. The Kier molecular flexibility index (Phi) is 6.78. The molecule has 0 spiro atoms. The molecule has 5 nitrogen and oxygen atoms in total. The van der Waals surface area contributed by atoms with Gasteiger partial charge in [-0.1, -0.05) is 0 Å². The summed E-state index contributed by atoms with van der Waals surface area (Å²) >= 11 is 0. The highest BCUT2D eigenvalue weighted by molar-refractivity contribution is 7.46. The summed E-state index contributed by atoms with van der Waals surface area (Å²) in [6.45, 7) is 4.93. The average Bonchev–Trinajstić information content (AvgIpc) is 2.39. The van der Waals surface area contributed by atoms with Crippen molar-refractivity contribution in [1.29, 1.82) is 0 Å². The normalized spacial score (nSPS) is 10.7. The maximum absolute atomic E-state index is 11.0. The van der Waals surface area contributed by atoms with E-state index in [-0.39, 0.29) is 5.56 Å². The quantitative estimate of drug-likeness (QED) is 0.743. The van der Waals surface area contributed by atoms with Gasteiger partial charge in [0.1, 0.15) is 5.75 Å². The SMILES string of the molecule is CCOP(Cc1cc(C(=O)O)ccc1OC)OCC. The molecule has 0 aromatic heterocycles. The van der Waals surface area contributed by atoms with Crippen LogP contribution in [0.1, 0.15) is 29.8 Å². The fourth-order valence-corrected chi connectivity index (χ4v) is 2.95. The van der Waals surface area contributed by atoms with E-state index in [9.17, 15) is 4.79 Å². The molecule has 1 N–H and O–H groups in total. The van der Waals surface area contributed by atoms with Gasteiger partial charge in [-0.25, -0.2) is 4.79 Å². The first-order valence-electron chi connectivity index (χ1n) is 6.05. The Morgan fingerprint density at radius 2 is 1.89 bits per heavy atom. The van der Waals surface area contributed by atoms with Crippen LogP contribution in [0.25, 0.3) is 0 Å². The highest BCUT2D eigenvalue weighted by atomic mass is 31.2. The standard InChI is InChI=1S/C13H19O5P/c1-4-17-19(18-5-2)9-11-8-10(13(14)15)6-7-12(11)16-3/h6-8H,4-5,9H2,1-3H3,(H,14,15). The van der Waals surface area contributed by atoms with Crippen molar-refractivity contribution in [2.75, 3.05) is 20.3 Å². The molecular formula is C13H19O5P. The van der Waals surface area contributed by atoms with Crippen molar-refractivity contribution in [3.63, 3.8) is 0 Å². The lowest BCUT2D eigenvalue weighted by molar-refractivity contribution is 0.0696. The van der Waals surface area contributed by atoms with Gasteiger partial charge in [-0.2, -0.15) is 0 Å². The van der Waals surface area contributed by atoms with Crippen LogP contribution < -0.4 is 4.74 Å². The molecule has 6 heteroatoms. The summed E-state index contributed by atoms with van der Waals surface area (Å²) in [5.41, 5.74) is 1.02. The molecule has 0 saturated carbocycles. The first kappa shape index (κ1) is 15.9. The molecule has 19 heavy (non-hydrogen) atoms. The molecule has 0 amide bonds. The lowest BCUT2D eigenvalue weighted by atomic mass is 10.1. The zero-order valence-corrected chi connectivity index (χ0v) is 12.3. The van der Waals surface area contributed by atoms with Crippen LogP contribution in [0.2, 0.25) is 0 Å². The second-order valence-corrected chi connectivity index (χ2v) is 5.16. The fraction of sp³-hybridized carbons (Fsp3) is 0.462. The fourth-order valence-electron chi connectivity index (χ4n) is 1.59. The molecule has 0 heterocycles. The van der Waals surface area contributed by atoms with E-state index < -0.39 is 14.3 Å².